The molecule has 7 heteroatoms. The molecule has 0 atom stereocenters. The zero-order chi connectivity index (χ0) is 12.0. The molecule has 0 spiro atoms. The van der Waals surface area contributed by atoms with Crippen LogP contribution in [0.25, 0.3) is 0 Å². The smallest absolute Gasteiger partial charge is 0.325 e. The van der Waals surface area contributed by atoms with Gasteiger partial charge in [0.1, 0.15) is 6.54 Å². The highest BCUT2D eigenvalue weighted by Gasteiger charge is 2.20. The van der Waals surface area contributed by atoms with Crippen molar-refractivity contribution in [2.24, 2.45) is 0 Å². The minimum absolute atomic E-state index is 0.0549. The predicted octanol–water partition coefficient (Wildman–Crippen LogP) is 0.563. The molecule has 0 aliphatic heterocycles. The van der Waals surface area contributed by atoms with Crippen molar-refractivity contribution in [2.75, 3.05) is 20.2 Å². The molecule has 0 aliphatic carbocycles. The first kappa shape index (κ1) is 12.6. The molecule has 0 saturated carbocycles. The number of rotatable bonds is 5. The summed E-state index contributed by atoms with van der Waals surface area (Å²) in [5.41, 5.74) is 0.266. The Bertz CT molecular complexity index is 353. The number of methoxy groups -OCH3 is 1. The lowest BCUT2D eigenvalue weighted by atomic mass is 10.3. The second kappa shape index (κ2) is 6.16. The topological polar surface area (TPSA) is 72.4 Å². The van der Waals surface area contributed by atoms with Gasteiger partial charge in [0.2, 0.25) is 0 Å². The van der Waals surface area contributed by atoms with Crippen molar-refractivity contribution in [3.63, 3.8) is 0 Å². The Kier molecular flexibility index (Phi) is 4.84. The monoisotopic (exact) mass is 243 g/mol. The molecular formula is C9H13N3O3S. The van der Waals surface area contributed by atoms with Crippen molar-refractivity contribution in [3.05, 3.63) is 11.1 Å². The van der Waals surface area contributed by atoms with Crippen LogP contribution in [0.2, 0.25) is 0 Å². The minimum Gasteiger partial charge on any atom is -0.468 e. The first-order valence-electron chi connectivity index (χ1n) is 4.82. The Morgan fingerprint density at radius 2 is 2.31 bits per heavy atom. The van der Waals surface area contributed by atoms with E-state index in [1.807, 2.05) is 6.92 Å². The van der Waals surface area contributed by atoms with Gasteiger partial charge < -0.3 is 9.64 Å². The van der Waals surface area contributed by atoms with Crippen LogP contribution in [0.1, 0.15) is 23.8 Å². The number of carbonyl (C=O) groups is 2. The highest BCUT2D eigenvalue weighted by molar-refractivity contribution is 7.03. The summed E-state index contributed by atoms with van der Waals surface area (Å²) in [5, 5.41) is 5.24. The third-order valence-electron chi connectivity index (χ3n) is 1.91. The number of aromatic nitrogens is 2. The van der Waals surface area contributed by atoms with Crippen LogP contribution in [0.5, 0.6) is 0 Å². The quantitative estimate of drug-likeness (QED) is 0.707. The fourth-order valence-electron chi connectivity index (χ4n) is 1.16. The van der Waals surface area contributed by atoms with E-state index in [4.69, 9.17) is 0 Å². The van der Waals surface area contributed by atoms with E-state index in [9.17, 15) is 9.59 Å². The summed E-state index contributed by atoms with van der Waals surface area (Å²) in [5.74, 6) is -0.731. The standard InChI is InChI=1S/C9H13N3O3S/c1-3-4-12(5-8(13)15-2)9(14)7-6-16-11-10-7/h6H,3-5H2,1-2H3. The van der Waals surface area contributed by atoms with E-state index in [0.29, 0.717) is 6.54 Å². The molecule has 0 aromatic carbocycles. The summed E-state index contributed by atoms with van der Waals surface area (Å²) in [7, 11) is 1.29. The van der Waals surface area contributed by atoms with E-state index in [1.54, 1.807) is 5.38 Å². The Morgan fingerprint density at radius 1 is 1.56 bits per heavy atom. The van der Waals surface area contributed by atoms with Gasteiger partial charge in [0.15, 0.2) is 5.69 Å². The van der Waals surface area contributed by atoms with Gasteiger partial charge in [-0.25, -0.2) is 0 Å². The summed E-state index contributed by atoms with van der Waals surface area (Å²) >= 11 is 1.10. The van der Waals surface area contributed by atoms with Gasteiger partial charge in [-0.15, -0.1) is 5.10 Å². The number of esters is 1. The second-order valence-corrected chi connectivity index (χ2v) is 3.70. The number of hydrogen-bond donors (Lipinski definition) is 0. The van der Waals surface area contributed by atoms with Crippen LogP contribution in [0.4, 0.5) is 0 Å². The fourth-order valence-corrected chi connectivity index (χ4v) is 1.59. The number of amides is 1. The van der Waals surface area contributed by atoms with Crippen molar-refractivity contribution in [2.45, 2.75) is 13.3 Å². The van der Waals surface area contributed by atoms with E-state index >= 15 is 0 Å². The van der Waals surface area contributed by atoms with Crippen LogP contribution >= 0.6 is 11.5 Å². The molecular weight excluding hydrogens is 230 g/mol. The van der Waals surface area contributed by atoms with E-state index < -0.39 is 5.97 Å². The summed E-state index contributed by atoms with van der Waals surface area (Å²) in [6.45, 7) is 2.36. The summed E-state index contributed by atoms with van der Waals surface area (Å²) in [6, 6.07) is 0. The van der Waals surface area contributed by atoms with Crippen LogP contribution in [0.15, 0.2) is 5.38 Å². The lowest BCUT2D eigenvalue weighted by Crippen LogP contribution is -2.37. The van der Waals surface area contributed by atoms with Crippen molar-refractivity contribution in [1.82, 2.24) is 14.5 Å². The largest absolute Gasteiger partial charge is 0.468 e. The average molecular weight is 243 g/mol. The van der Waals surface area contributed by atoms with Gasteiger partial charge in [0.25, 0.3) is 5.91 Å². The van der Waals surface area contributed by atoms with Crippen LogP contribution in [-0.2, 0) is 9.53 Å². The van der Waals surface area contributed by atoms with Crippen molar-refractivity contribution in [1.29, 1.82) is 0 Å². The minimum atomic E-state index is -0.440. The van der Waals surface area contributed by atoms with Gasteiger partial charge in [-0.3, -0.25) is 9.59 Å². The normalized spacial score (nSPS) is 9.88. The molecule has 1 amide bonds. The highest BCUT2D eigenvalue weighted by atomic mass is 32.1. The van der Waals surface area contributed by atoms with E-state index in [0.717, 1.165) is 18.0 Å². The fraction of sp³-hybridized carbons (Fsp3) is 0.556. The maximum absolute atomic E-state index is 11.9. The molecule has 1 rings (SSSR count). The maximum Gasteiger partial charge on any atom is 0.325 e. The molecule has 1 aromatic heterocycles. The Balaban J connectivity index is 2.69. The lowest BCUT2D eigenvalue weighted by molar-refractivity contribution is -0.141. The van der Waals surface area contributed by atoms with Crippen LogP contribution < -0.4 is 0 Å². The van der Waals surface area contributed by atoms with Crippen molar-refractivity contribution >= 4 is 23.4 Å². The molecule has 1 aromatic rings. The maximum atomic E-state index is 11.9. The molecule has 88 valence electrons. The molecule has 0 bridgehead atoms. The van der Waals surface area contributed by atoms with E-state index in [-0.39, 0.29) is 18.1 Å². The van der Waals surface area contributed by atoms with Crippen molar-refractivity contribution in [3.8, 4) is 0 Å². The molecule has 0 N–H and O–H groups in total. The number of carbonyl (C=O) groups excluding carboxylic acids is 2. The van der Waals surface area contributed by atoms with Crippen LogP contribution in [0.3, 0.4) is 0 Å². The van der Waals surface area contributed by atoms with Gasteiger partial charge in [-0.1, -0.05) is 11.4 Å². The molecule has 0 saturated heterocycles. The van der Waals surface area contributed by atoms with E-state index in [2.05, 4.69) is 14.3 Å². The predicted molar refractivity (Wildman–Crippen MR) is 58.1 cm³/mol. The van der Waals surface area contributed by atoms with Crippen LogP contribution in [0, 0.1) is 0 Å². The molecule has 6 nitrogen and oxygen atoms in total. The van der Waals surface area contributed by atoms with Gasteiger partial charge in [0.05, 0.1) is 7.11 Å². The first-order chi connectivity index (χ1) is 7.69. The van der Waals surface area contributed by atoms with E-state index in [1.165, 1.54) is 12.0 Å². The molecule has 16 heavy (non-hydrogen) atoms. The molecule has 0 radical (unpaired) electrons. The summed E-state index contributed by atoms with van der Waals surface area (Å²) < 4.78 is 8.14. The Morgan fingerprint density at radius 3 is 2.81 bits per heavy atom. The SMILES string of the molecule is CCCN(CC(=O)OC)C(=O)c1csnn1. The Hall–Kier alpha value is -1.50. The number of nitrogens with zero attached hydrogens (tertiary/aromatic N) is 3. The molecule has 1 heterocycles. The zero-order valence-electron chi connectivity index (χ0n) is 9.17. The number of ether oxygens (including phenoxy) is 1. The third kappa shape index (κ3) is 3.27. The van der Waals surface area contributed by atoms with Crippen LogP contribution in [-0.4, -0.2) is 46.6 Å². The van der Waals surface area contributed by atoms with Gasteiger partial charge in [0, 0.05) is 11.9 Å². The lowest BCUT2D eigenvalue weighted by Gasteiger charge is -2.19. The highest BCUT2D eigenvalue weighted by Crippen LogP contribution is 2.04. The Labute approximate surface area is 97.4 Å². The zero-order valence-corrected chi connectivity index (χ0v) is 9.99. The van der Waals surface area contributed by atoms with Gasteiger partial charge in [-0.05, 0) is 18.0 Å². The molecule has 0 fully saturated rings. The van der Waals surface area contributed by atoms with Gasteiger partial charge >= 0.3 is 5.97 Å². The van der Waals surface area contributed by atoms with Gasteiger partial charge in [-0.2, -0.15) is 0 Å². The average Bonchev–Trinajstić information content (AvgIpc) is 2.80. The second-order valence-electron chi connectivity index (χ2n) is 3.09. The molecule has 0 unspecified atom stereocenters. The summed E-state index contributed by atoms with van der Waals surface area (Å²) in [6.07, 6.45) is 0.764. The first-order valence-corrected chi connectivity index (χ1v) is 5.65. The summed E-state index contributed by atoms with van der Waals surface area (Å²) in [4.78, 5) is 24.4. The number of hydrogen-bond acceptors (Lipinski definition) is 6. The third-order valence-corrected chi connectivity index (χ3v) is 2.41. The molecule has 0 aliphatic rings. The van der Waals surface area contributed by atoms with Crippen molar-refractivity contribution < 1.29 is 14.3 Å².